The molecule has 1 N–H and O–H groups in total. The second kappa shape index (κ2) is 3.47. The Morgan fingerprint density at radius 3 is 3.00 bits per heavy atom. The molecule has 90 valence electrons. The van der Waals surface area contributed by atoms with Crippen LogP contribution in [0.1, 0.15) is 23.5 Å². The van der Waals surface area contributed by atoms with Gasteiger partial charge in [-0.25, -0.2) is 0 Å². The largest absolute Gasteiger partial charge is 0.497 e. The highest BCUT2D eigenvalue weighted by Crippen LogP contribution is 2.55. The molecule has 1 aromatic carbocycles. The Balaban J connectivity index is 1.95. The fourth-order valence-corrected chi connectivity index (χ4v) is 2.77. The maximum absolute atomic E-state index is 11.8. The van der Waals surface area contributed by atoms with Crippen molar-refractivity contribution < 1.29 is 14.3 Å². The minimum absolute atomic E-state index is 0.149. The van der Waals surface area contributed by atoms with Gasteiger partial charge in [0.25, 0.3) is 0 Å². The molecule has 3 rings (SSSR count). The van der Waals surface area contributed by atoms with Crippen molar-refractivity contribution in [1.29, 1.82) is 0 Å². The van der Waals surface area contributed by atoms with Crippen molar-refractivity contribution in [3.8, 4) is 5.75 Å². The number of esters is 1. The number of rotatable bonds is 2. The van der Waals surface area contributed by atoms with Gasteiger partial charge >= 0.3 is 5.97 Å². The van der Waals surface area contributed by atoms with Crippen molar-refractivity contribution >= 4 is 5.97 Å². The smallest absolute Gasteiger partial charge is 0.326 e. The van der Waals surface area contributed by atoms with Gasteiger partial charge in [-0.05, 0) is 29.7 Å². The number of fused-ring (bicyclic) bond motifs is 3. The van der Waals surface area contributed by atoms with Gasteiger partial charge in [0.2, 0.25) is 0 Å². The van der Waals surface area contributed by atoms with Crippen LogP contribution in [0.4, 0.5) is 0 Å². The lowest BCUT2D eigenvalue weighted by Crippen LogP contribution is -2.43. The summed E-state index contributed by atoms with van der Waals surface area (Å²) in [6, 6.07) is 6.04. The number of carbonyl (C=O) groups excluding carboxylic acids is 1. The fourth-order valence-electron chi connectivity index (χ4n) is 2.77. The van der Waals surface area contributed by atoms with Crippen LogP contribution in [-0.4, -0.2) is 25.7 Å². The van der Waals surface area contributed by atoms with E-state index in [1.807, 2.05) is 12.1 Å². The van der Waals surface area contributed by atoms with Crippen molar-refractivity contribution in [2.75, 3.05) is 14.2 Å². The Labute approximate surface area is 99.9 Å². The monoisotopic (exact) mass is 233 g/mol. The lowest BCUT2D eigenvalue weighted by Gasteiger charge is -2.24. The highest BCUT2D eigenvalue weighted by molar-refractivity contribution is 5.87. The lowest BCUT2D eigenvalue weighted by atomic mass is 9.95. The zero-order valence-corrected chi connectivity index (χ0v) is 9.95. The topological polar surface area (TPSA) is 47.6 Å². The van der Waals surface area contributed by atoms with Crippen LogP contribution in [0.5, 0.6) is 5.75 Å². The van der Waals surface area contributed by atoms with Crippen molar-refractivity contribution in [2.24, 2.45) is 0 Å². The van der Waals surface area contributed by atoms with Gasteiger partial charge in [0, 0.05) is 12.5 Å². The minimum Gasteiger partial charge on any atom is -0.497 e. The standard InChI is InChI=1S/C13H15NO3/c1-16-9-3-4-10-8(5-9)7-14-13(6-11(10)13)12(15)17-2/h3-5,11,14H,6-7H2,1-2H3/t11-,13+/m1/s1. The third-order valence-electron chi connectivity index (χ3n) is 3.83. The predicted octanol–water partition coefficient (Wildman–Crippen LogP) is 1.20. The van der Waals surface area contributed by atoms with Crippen molar-refractivity contribution in [1.82, 2.24) is 5.32 Å². The summed E-state index contributed by atoms with van der Waals surface area (Å²) >= 11 is 0. The lowest BCUT2D eigenvalue weighted by molar-refractivity contribution is -0.144. The summed E-state index contributed by atoms with van der Waals surface area (Å²) in [7, 11) is 3.10. The van der Waals surface area contributed by atoms with Gasteiger partial charge in [0.1, 0.15) is 11.3 Å². The molecule has 1 aromatic rings. The predicted molar refractivity (Wildman–Crippen MR) is 61.9 cm³/mol. The molecule has 1 saturated carbocycles. The molecule has 0 radical (unpaired) electrons. The summed E-state index contributed by atoms with van der Waals surface area (Å²) < 4.78 is 10.1. The van der Waals surface area contributed by atoms with Crippen LogP contribution in [-0.2, 0) is 16.1 Å². The maximum Gasteiger partial charge on any atom is 0.326 e. The Morgan fingerprint density at radius 1 is 1.47 bits per heavy atom. The first-order chi connectivity index (χ1) is 8.21. The van der Waals surface area contributed by atoms with Gasteiger partial charge in [-0.1, -0.05) is 6.07 Å². The average Bonchev–Trinajstić information content (AvgIpc) is 3.13. The van der Waals surface area contributed by atoms with E-state index in [0.717, 1.165) is 12.2 Å². The summed E-state index contributed by atoms with van der Waals surface area (Å²) in [6.45, 7) is 0.693. The summed E-state index contributed by atoms with van der Waals surface area (Å²) in [6.07, 6.45) is 0.832. The van der Waals surface area contributed by atoms with Crippen LogP contribution in [0.2, 0.25) is 0 Å². The first-order valence-electron chi connectivity index (χ1n) is 5.71. The fraction of sp³-hybridized carbons (Fsp3) is 0.462. The van der Waals surface area contributed by atoms with Gasteiger partial charge in [0.05, 0.1) is 14.2 Å². The molecule has 0 amide bonds. The van der Waals surface area contributed by atoms with Gasteiger partial charge in [-0.2, -0.15) is 0 Å². The number of benzene rings is 1. The van der Waals surface area contributed by atoms with Crippen LogP contribution in [0.3, 0.4) is 0 Å². The van der Waals surface area contributed by atoms with Crippen LogP contribution >= 0.6 is 0 Å². The van der Waals surface area contributed by atoms with Crippen molar-refractivity contribution in [3.63, 3.8) is 0 Å². The third-order valence-corrected chi connectivity index (χ3v) is 3.83. The Hall–Kier alpha value is -1.55. The Morgan fingerprint density at radius 2 is 2.29 bits per heavy atom. The maximum atomic E-state index is 11.8. The molecular formula is C13H15NO3. The Kier molecular flexibility index (Phi) is 2.16. The normalized spacial score (nSPS) is 28.9. The zero-order valence-electron chi connectivity index (χ0n) is 9.95. The second-order valence-corrected chi connectivity index (χ2v) is 4.64. The van der Waals surface area contributed by atoms with E-state index in [-0.39, 0.29) is 11.9 Å². The Bertz CT molecular complexity index is 486. The number of nitrogens with one attached hydrogen (secondary N) is 1. The summed E-state index contributed by atoms with van der Waals surface area (Å²) in [4.78, 5) is 11.8. The minimum atomic E-state index is -0.462. The molecule has 1 heterocycles. The number of carbonyl (C=O) groups is 1. The molecule has 2 aliphatic rings. The summed E-state index contributed by atoms with van der Waals surface area (Å²) in [5, 5.41) is 3.30. The molecule has 0 spiro atoms. The molecule has 0 saturated heterocycles. The van der Waals surface area contributed by atoms with Crippen molar-refractivity contribution in [3.05, 3.63) is 29.3 Å². The molecular weight excluding hydrogens is 218 g/mol. The molecule has 1 aliphatic heterocycles. The SMILES string of the molecule is COC(=O)[C@]12C[C@@H]1c1ccc(OC)cc1CN2. The zero-order chi connectivity index (χ0) is 12.0. The van der Waals surface area contributed by atoms with Crippen LogP contribution in [0.15, 0.2) is 18.2 Å². The molecule has 4 heteroatoms. The molecule has 0 bridgehead atoms. The van der Waals surface area contributed by atoms with E-state index < -0.39 is 5.54 Å². The van der Waals surface area contributed by atoms with E-state index in [9.17, 15) is 4.79 Å². The van der Waals surface area contributed by atoms with Gasteiger partial charge in [-0.15, -0.1) is 0 Å². The van der Waals surface area contributed by atoms with E-state index in [1.54, 1.807) is 7.11 Å². The third kappa shape index (κ3) is 1.37. The first-order valence-corrected chi connectivity index (χ1v) is 5.71. The van der Waals surface area contributed by atoms with E-state index in [4.69, 9.17) is 9.47 Å². The summed E-state index contributed by atoms with van der Waals surface area (Å²) in [5.74, 6) is 0.963. The molecule has 0 aromatic heterocycles. The molecule has 2 atom stereocenters. The quantitative estimate of drug-likeness (QED) is 0.780. The molecule has 17 heavy (non-hydrogen) atoms. The number of hydrogen-bond acceptors (Lipinski definition) is 4. The van der Waals surface area contributed by atoms with Crippen LogP contribution in [0.25, 0.3) is 0 Å². The number of hydrogen-bond donors (Lipinski definition) is 1. The molecule has 1 fully saturated rings. The molecule has 4 nitrogen and oxygen atoms in total. The highest BCUT2D eigenvalue weighted by Gasteiger charge is 2.63. The van der Waals surface area contributed by atoms with Crippen LogP contribution in [0, 0.1) is 0 Å². The molecule has 0 unspecified atom stereocenters. The van der Waals surface area contributed by atoms with Crippen molar-refractivity contribution in [2.45, 2.75) is 24.4 Å². The van der Waals surface area contributed by atoms with Gasteiger partial charge in [-0.3, -0.25) is 10.1 Å². The number of ether oxygens (including phenoxy) is 2. The highest BCUT2D eigenvalue weighted by atomic mass is 16.5. The van der Waals surface area contributed by atoms with E-state index in [1.165, 1.54) is 18.2 Å². The second-order valence-electron chi connectivity index (χ2n) is 4.64. The van der Waals surface area contributed by atoms with Gasteiger partial charge in [0.15, 0.2) is 0 Å². The van der Waals surface area contributed by atoms with E-state index in [0.29, 0.717) is 6.54 Å². The molecule has 1 aliphatic carbocycles. The average molecular weight is 233 g/mol. The first kappa shape index (κ1) is 10.6. The van der Waals surface area contributed by atoms with Gasteiger partial charge < -0.3 is 9.47 Å². The van der Waals surface area contributed by atoms with E-state index >= 15 is 0 Å². The summed E-state index contributed by atoms with van der Waals surface area (Å²) in [5.41, 5.74) is 2.00. The van der Waals surface area contributed by atoms with E-state index in [2.05, 4.69) is 11.4 Å². The van der Waals surface area contributed by atoms with Crippen LogP contribution < -0.4 is 10.1 Å². The number of methoxy groups -OCH3 is 2.